The summed E-state index contributed by atoms with van der Waals surface area (Å²) in [5.74, 6) is 0.205. The zero-order valence-electron chi connectivity index (χ0n) is 14.9. The van der Waals surface area contributed by atoms with Gasteiger partial charge >= 0.3 is 0 Å². The van der Waals surface area contributed by atoms with E-state index in [4.69, 9.17) is 11.6 Å². The van der Waals surface area contributed by atoms with Crippen molar-refractivity contribution >= 4 is 23.2 Å². The highest BCUT2D eigenvalue weighted by molar-refractivity contribution is 6.30. The lowest BCUT2D eigenvalue weighted by atomic mass is 9.72. The van der Waals surface area contributed by atoms with Crippen LogP contribution in [0.5, 0.6) is 0 Å². The molecule has 0 N–H and O–H groups in total. The molecule has 1 saturated heterocycles. The summed E-state index contributed by atoms with van der Waals surface area (Å²) in [4.78, 5) is 17.8. The molecule has 25 heavy (non-hydrogen) atoms. The first-order chi connectivity index (χ1) is 12.0. The molecular weight excluding hydrogens is 332 g/mol. The lowest BCUT2D eigenvalue weighted by molar-refractivity contribution is -0.124. The molecule has 0 unspecified atom stereocenters. The van der Waals surface area contributed by atoms with Crippen molar-refractivity contribution in [1.82, 2.24) is 4.90 Å². The van der Waals surface area contributed by atoms with Crippen LogP contribution in [-0.4, -0.2) is 30.4 Å². The van der Waals surface area contributed by atoms with Gasteiger partial charge in [0.1, 0.15) is 0 Å². The van der Waals surface area contributed by atoms with Crippen LogP contribution in [-0.2, 0) is 10.2 Å². The predicted octanol–water partition coefficient (Wildman–Crippen LogP) is 4.41. The van der Waals surface area contributed by atoms with Crippen molar-refractivity contribution in [3.05, 3.63) is 64.7 Å². The molecule has 0 aliphatic carbocycles. The molecule has 0 aromatic heterocycles. The maximum absolute atomic E-state index is 13.5. The van der Waals surface area contributed by atoms with Crippen LogP contribution in [0.3, 0.4) is 0 Å². The van der Waals surface area contributed by atoms with E-state index in [2.05, 4.69) is 43.0 Å². The normalized spacial score (nSPS) is 26.0. The lowest BCUT2D eigenvalue weighted by Crippen LogP contribution is -2.44. The van der Waals surface area contributed by atoms with Gasteiger partial charge in [0.25, 0.3) is 0 Å². The molecule has 0 radical (unpaired) electrons. The van der Waals surface area contributed by atoms with Crippen molar-refractivity contribution in [2.24, 2.45) is 0 Å². The molecule has 3 nitrogen and oxygen atoms in total. The van der Waals surface area contributed by atoms with Crippen molar-refractivity contribution in [3.63, 3.8) is 0 Å². The summed E-state index contributed by atoms with van der Waals surface area (Å²) in [6.45, 7) is 5.33. The van der Waals surface area contributed by atoms with Gasteiger partial charge in [-0.05, 0) is 49.6 Å². The van der Waals surface area contributed by atoms with E-state index in [1.807, 2.05) is 36.2 Å². The Morgan fingerprint density at radius 1 is 1.12 bits per heavy atom. The number of likely N-dealkylation sites (N-methyl/N-ethyl adjacent to an activating group) is 1. The summed E-state index contributed by atoms with van der Waals surface area (Å²) in [6, 6.07) is 16.6. The summed E-state index contributed by atoms with van der Waals surface area (Å²) in [6.07, 6.45) is 0.846. The molecule has 4 rings (SSSR count). The van der Waals surface area contributed by atoms with Crippen LogP contribution in [0, 0.1) is 0 Å². The number of para-hydroxylation sites is 1. The molecule has 1 fully saturated rings. The van der Waals surface area contributed by atoms with E-state index in [9.17, 15) is 4.79 Å². The second kappa shape index (κ2) is 5.86. The van der Waals surface area contributed by atoms with Gasteiger partial charge in [-0.3, -0.25) is 9.69 Å². The van der Waals surface area contributed by atoms with E-state index >= 15 is 0 Å². The molecular formula is C21H23ClN2O. The molecule has 0 saturated carbocycles. The monoisotopic (exact) mass is 354 g/mol. The topological polar surface area (TPSA) is 23.6 Å². The summed E-state index contributed by atoms with van der Waals surface area (Å²) in [5, 5.41) is 0.724. The van der Waals surface area contributed by atoms with Gasteiger partial charge in [-0.15, -0.1) is 0 Å². The Hall–Kier alpha value is -1.84. The Labute approximate surface area is 154 Å². The first kappa shape index (κ1) is 16.6. The molecule has 1 spiro atoms. The van der Waals surface area contributed by atoms with Gasteiger partial charge in [-0.25, -0.2) is 0 Å². The van der Waals surface area contributed by atoms with Crippen LogP contribution in [0.4, 0.5) is 5.69 Å². The molecule has 2 aliphatic heterocycles. The maximum atomic E-state index is 13.5. The Bertz CT molecular complexity index is 817. The first-order valence-corrected chi connectivity index (χ1v) is 9.23. The second-order valence-corrected chi connectivity index (χ2v) is 7.82. The summed E-state index contributed by atoms with van der Waals surface area (Å²) in [7, 11) is 1.90. The highest BCUT2D eigenvalue weighted by Crippen LogP contribution is 2.56. The average molecular weight is 355 g/mol. The van der Waals surface area contributed by atoms with Gasteiger partial charge in [0.05, 0.1) is 11.5 Å². The average Bonchev–Trinajstić information content (AvgIpc) is 3.11. The first-order valence-electron chi connectivity index (χ1n) is 8.85. The van der Waals surface area contributed by atoms with E-state index in [0.29, 0.717) is 6.04 Å². The van der Waals surface area contributed by atoms with E-state index in [0.717, 1.165) is 34.8 Å². The van der Waals surface area contributed by atoms with E-state index in [-0.39, 0.29) is 11.9 Å². The van der Waals surface area contributed by atoms with Gasteiger partial charge in [-0.1, -0.05) is 41.9 Å². The van der Waals surface area contributed by atoms with Gasteiger partial charge < -0.3 is 4.90 Å². The molecule has 2 atom stereocenters. The number of halogens is 1. The van der Waals surface area contributed by atoms with Crippen LogP contribution in [0.1, 0.15) is 37.4 Å². The molecule has 0 bridgehead atoms. The van der Waals surface area contributed by atoms with Gasteiger partial charge in [0.2, 0.25) is 5.91 Å². The number of likely N-dealkylation sites (tertiary alicyclic amines) is 1. The molecule has 2 aromatic rings. The second-order valence-electron chi connectivity index (χ2n) is 7.39. The third-order valence-electron chi connectivity index (χ3n) is 5.84. The number of carbonyl (C=O) groups excluding carboxylic acids is 1. The Morgan fingerprint density at radius 3 is 2.48 bits per heavy atom. The van der Waals surface area contributed by atoms with E-state index < -0.39 is 5.41 Å². The minimum absolute atomic E-state index is 0.0309. The minimum atomic E-state index is -0.510. The third-order valence-corrected chi connectivity index (χ3v) is 6.10. The summed E-state index contributed by atoms with van der Waals surface area (Å²) in [5.41, 5.74) is 2.85. The number of hydrogen-bond donors (Lipinski definition) is 0. The maximum Gasteiger partial charge on any atom is 0.239 e. The molecule has 2 aromatic carbocycles. The number of carbonyl (C=O) groups is 1. The molecule has 2 aliphatic rings. The van der Waals surface area contributed by atoms with Crippen LogP contribution >= 0.6 is 11.6 Å². The third kappa shape index (κ3) is 2.26. The van der Waals surface area contributed by atoms with Gasteiger partial charge in [0.15, 0.2) is 0 Å². The Morgan fingerprint density at radius 2 is 1.80 bits per heavy atom. The fourth-order valence-electron chi connectivity index (χ4n) is 4.70. The number of anilines is 1. The number of amides is 1. The minimum Gasteiger partial charge on any atom is -0.314 e. The molecule has 2 heterocycles. The van der Waals surface area contributed by atoms with Crippen molar-refractivity contribution in [1.29, 1.82) is 0 Å². The smallest absolute Gasteiger partial charge is 0.239 e. The fraction of sp³-hybridized carbons (Fsp3) is 0.381. The largest absolute Gasteiger partial charge is 0.314 e. The van der Waals surface area contributed by atoms with Crippen LogP contribution in [0.15, 0.2) is 48.5 Å². The fourth-order valence-corrected chi connectivity index (χ4v) is 4.83. The standard InChI is InChI=1S/C21H23ClN2O/c1-14(2)24-13-12-21(19(24)15-8-10-16(22)11-9-15)17-6-4-5-7-18(17)23(3)20(21)25/h4-11,14,19H,12-13H2,1-3H3/t19-,21-/m0/s1. The van der Waals surface area contributed by atoms with E-state index in [1.165, 1.54) is 0 Å². The van der Waals surface area contributed by atoms with Crippen molar-refractivity contribution in [2.75, 3.05) is 18.5 Å². The Kier molecular flexibility index (Phi) is 3.89. The summed E-state index contributed by atoms with van der Waals surface area (Å²) < 4.78 is 0. The quantitative estimate of drug-likeness (QED) is 0.797. The number of fused-ring (bicyclic) bond motifs is 2. The van der Waals surface area contributed by atoms with E-state index in [1.54, 1.807) is 0 Å². The van der Waals surface area contributed by atoms with Crippen molar-refractivity contribution in [2.45, 2.75) is 37.8 Å². The molecule has 1 amide bonds. The number of nitrogens with zero attached hydrogens (tertiary/aromatic N) is 2. The van der Waals surface area contributed by atoms with Crippen molar-refractivity contribution < 1.29 is 4.79 Å². The molecule has 130 valence electrons. The Balaban J connectivity index is 1.93. The van der Waals surface area contributed by atoms with Gasteiger partial charge in [0, 0.05) is 30.3 Å². The van der Waals surface area contributed by atoms with Crippen molar-refractivity contribution in [3.8, 4) is 0 Å². The highest BCUT2D eigenvalue weighted by atomic mass is 35.5. The number of benzene rings is 2. The molecule has 4 heteroatoms. The SMILES string of the molecule is CC(C)N1CC[C@@]2(C(=O)N(C)c3ccccc32)[C@@H]1c1ccc(Cl)cc1. The number of hydrogen-bond acceptors (Lipinski definition) is 2. The van der Waals surface area contributed by atoms with Gasteiger partial charge in [-0.2, -0.15) is 0 Å². The summed E-state index contributed by atoms with van der Waals surface area (Å²) >= 11 is 6.11. The van der Waals surface area contributed by atoms with Crippen LogP contribution in [0.25, 0.3) is 0 Å². The van der Waals surface area contributed by atoms with Crippen LogP contribution in [0.2, 0.25) is 5.02 Å². The lowest BCUT2D eigenvalue weighted by Gasteiger charge is -2.37. The predicted molar refractivity (Wildman–Crippen MR) is 102 cm³/mol. The number of rotatable bonds is 2. The van der Waals surface area contributed by atoms with Crippen LogP contribution < -0.4 is 4.90 Å². The zero-order valence-corrected chi connectivity index (χ0v) is 15.6. The zero-order chi connectivity index (χ0) is 17.8. The highest BCUT2D eigenvalue weighted by Gasteiger charge is 2.60.